The predicted molar refractivity (Wildman–Crippen MR) is 80.7 cm³/mol. The van der Waals surface area contributed by atoms with Crippen molar-refractivity contribution in [3.8, 4) is 0 Å². The molecule has 0 saturated carbocycles. The van der Waals surface area contributed by atoms with Crippen LogP contribution in [0.1, 0.15) is 5.56 Å². The van der Waals surface area contributed by atoms with Crippen molar-refractivity contribution in [1.29, 1.82) is 0 Å². The fourth-order valence-corrected chi connectivity index (χ4v) is 2.45. The van der Waals surface area contributed by atoms with Crippen LogP contribution in [0.4, 0.5) is 0 Å². The van der Waals surface area contributed by atoms with Crippen LogP contribution in [0.3, 0.4) is 0 Å². The molecule has 0 aliphatic heterocycles. The number of ether oxygens (including phenoxy) is 2. The minimum absolute atomic E-state index is 0.00682. The maximum Gasteiger partial charge on any atom is 0.293 e. The van der Waals surface area contributed by atoms with Crippen molar-refractivity contribution < 1.29 is 32.7 Å². The maximum absolute atomic E-state index is 11.5. The average Bonchev–Trinajstić information content (AvgIpc) is 2.49. The van der Waals surface area contributed by atoms with E-state index < -0.39 is 27.7 Å². The van der Waals surface area contributed by atoms with E-state index in [2.05, 4.69) is 0 Å². The Kier molecular flexibility index (Phi) is 8.25. The van der Waals surface area contributed by atoms with E-state index in [-0.39, 0.29) is 26.4 Å². The molecular formula is C14H20O7S. The van der Waals surface area contributed by atoms with Crippen LogP contribution >= 0.6 is 0 Å². The summed E-state index contributed by atoms with van der Waals surface area (Å²) in [6, 6.07) is 8.51. The third-order valence-corrected chi connectivity index (χ3v) is 3.65. The molecule has 0 amide bonds. The molecule has 8 heteroatoms. The van der Waals surface area contributed by atoms with Crippen LogP contribution in [0.25, 0.3) is 6.08 Å². The summed E-state index contributed by atoms with van der Waals surface area (Å²) in [6.45, 7) is -0.474. The van der Waals surface area contributed by atoms with Crippen LogP contribution in [0.2, 0.25) is 0 Å². The highest BCUT2D eigenvalue weighted by molar-refractivity contribution is 7.90. The van der Waals surface area contributed by atoms with Crippen molar-refractivity contribution in [3.05, 3.63) is 40.8 Å². The second kappa shape index (κ2) is 9.67. The van der Waals surface area contributed by atoms with Crippen LogP contribution in [-0.4, -0.2) is 62.3 Å². The fraction of sp³-hybridized carbons (Fsp3) is 0.429. The summed E-state index contributed by atoms with van der Waals surface area (Å²) in [5.41, 5.74) is 0.550. The lowest BCUT2D eigenvalue weighted by Crippen LogP contribution is -2.27. The van der Waals surface area contributed by atoms with Crippen LogP contribution in [-0.2, 0) is 19.6 Å². The molecule has 0 radical (unpaired) electrons. The van der Waals surface area contributed by atoms with Gasteiger partial charge >= 0.3 is 0 Å². The van der Waals surface area contributed by atoms with Gasteiger partial charge in [0.05, 0.1) is 33.0 Å². The molecule has 1 rings (SSSR count). The molecule has 7 nitrogen and oxygen atoms in total. The Morgan fingerprint density at radius 2 is 1.82 bits per heavy atom. The fourth-order valence-electron chi connectivity index (χ4n) is 1.69. The van der Waals surface area contributed by atoms with Gasteiger partial charge in [-0.25, -0.2) is 0 Å². The summed E-state index contributed by atoms with van der Waals surface area (Å²) in [5, 5.41) is 17.9. The highest BCUT2D eigenvalue weighted by atomic mass is 32.2. The minimum atomic E-state index is -4.53. The van der Waals surface area contributed by atoms with E-state index in [1.807, 2.05) is 0 Å². The number of benzene rings is 1. The normalized spacial score (nSPS) is 14.0. The lowest BCUT2D eigenvalue weighted by atomic mass is 10.2. The first-order valence-corrected chi connectivity index (χ1v) is 8.08. The molecule has 1 aromatic carbocycles. The molecule has 0 aromatic heterocycles. The number of hydrogen-bond donors (Lipinski definition) is 3. The van der Waals surface area contributed by atoms with Gasteiger partial charge < -0.3 is 19.7 Å². The average molecular weight is 332 g/mol. The lowest BCUT2D eigenvalue weighted by molar-refractivity contribution is -0.00590. The van der Waals surface area contributed by atoms with E-state index in [0.717, 1.165) is 0 Å². The Bertz CT molecular complexity index is 554. The second-order valence-electron chi connectivity index (χ2n) is 4.31. The molecule has 1 atom stereocenters. The number of aliphatic hydroxyl groups excluding tert-OH is 2. The molecular weight excluding hydrogens is 312 g/mol. The lowest BCUT2D eigenvalue weighted by Gasteiger charge is -2.17. The van der Waals surface area contributed by atoms with Gasteiger partial charge in [0.1, 0.15) is 11.0 Å². The largest absolute Gasteiger partial charge is 0.394 e. The Morgan fingerprint density at radius 3 is 2.36 bits per heavy atom. The monoisotopic (exact) mass is 332 g/mol. The van der Waals surface area contributed by atoms with Crippen LogP contribution < -0.4 is 0 Å². The molecule has 22 heavy (non-hydrogen) atoms. The van der Waals surface area contributed by atoms with E-state index >= 15 is 0 Å². The van der Waals surface area contributed by atoms with Crippen molar-refractivity contribution in [1.82, 2.24) is 0 Å². The summed E-state index contributed by atoms with van der Waals surface area (Å²) in [4.78, 5) is -0.427. The highest BCUT2D eigenvalue weighted by Crippen LogP contribution is 2.18. The molecule has 1 unspecified atom stereocenters. The van der Waals surface area contributed by atoms with E-state index in [9.17, 15) is 18.1 Å². The number of aliphatic hydroxyl groups is 2. The van der Waals surface area contributed by atoms with E-state index in [0.29, 0.717) is 5.56 Å². The molecule has 0 saturated heterocycles. The predicted octanol–water partition coefficient (Wildman–Crippen LogP) is 0.302. The summed E-state index contributed by atoms with van der Waals surface area (Å²) in [5.74, 6) is 0. The Labute approximate surface area is 129 Å². The first-order chi connectivity index (χ1) is 10.5. The van der Waals surface area contributed by atoms with Gasteiger partial charge in [0.25, 0.3) is 10.1 Å². The molecule has 0 heterocycles. The smallest absolute Gasteiger partial charge is 0.293 e. The van der Waals surface area contributed by atoms with Crippen LogP contribution in [0.5, 0.6) is 0 Å². The Balaban J connectivity index is 2.83. The molecule has 0 bridgehead atoms. The highest BCUT2D eigenvalue weighted by Gasteiger charge is 2.25. The van der Waals surface area contributed by atoms with Crippen LogP contribution in [0, 0.1) is 0 Å². The summed E-state index contributed by atoms with van der Waals surface area (Å²) < 4.78 is 42.5. The van der Waals surface area contributed by atoms with Gasteiger partial charge in [0.15, 0.2) is 0 Å². The first-order valence-electron chi connectivity index (χ1n) is 6.64. The molecule has 0 aliphatic carbocycles. The van der Waals surface area contributed by atoms with Gasteiger partial charge in [-0.2, -0.15) is 8.42 Å². The third kappa shape index (κ3) is 6.65. The van der Waals surface area contributed by atoms with Crippen molar-refractivity contribution in [2.45, 2.75) is 6.10 Å². The van der Waals surface area contributed by atoms with E-state index in [1.54, 1.807) is 30.3 Å². The van der Waals surface area contributed by atoms with Crippen molar-refractivity contribution in [2.24, 2.45) is 0 Å². The van der Waals surface area contributed by atoms with Gasteiger partial charge in [-0.1, -0.05) is 30.3 Å². The standard InChI is InChI=1S/C14H20O7S/c15-6-7-20-8-9-21-13(11-16)14(22(17,18)19)10-12-4-2-1-3-5-12/h1-5,10,13,15-16H,6-9,11H2,(H,17,18,19). The zero-order valence-electron chi connectivity index (χ0n) is 12.0. The zero-order valence-corrected chi connectivity index (χ0v) is 12.8. The topological polar surface area (TPSA) is 113 Å². The SMILES string of the molecule is O=S(=O)(O)C(=Cc1ccccc1)C(CO)OCCOCCO. The minimum Gasteiger partial charge on any atom is -0.394 e. The summed E-state index contributed by atoms with van der Waals surface area (Å²) >= 11 is 0. The summed E-state index contributed by atoms with van der Waals surface area (Å²) in [7, 11) is -4.53. The maximum atomic E-state index is 11.5. The van der Waals surface area contributed by atoms with Crippen molar-refractivity contribution >= 4 is 16.2 Å². The van der Waals surface area contributed by atoms with Gasteiger partial charge in [-0.05, 0) is 11.6 Å². The molecule has 1 aromatic rings. The number of rotatable bonds is 10. The van der Waals surface area contributed by atoms with Gasteiger partial charge in [-0.3, -0.25) is 4.55 Å². The quantitative estimate of drug-likeness (QED) is 0.417. The molecule has 3 N–H and O–H groups in total. The first kappa shape index (κ1) is 18.8. The van der Waals surface area contributed by atoms with E-state index in [4.69, 9.17) is 14.6 Å². The molecule has 0 aliphatic rings. The van der Waals surface area contributed by atoms with Crippen molar-refractivity contribution in [2.75, 3.05) is 33.0 Å². The summed E-state index contributed by atoms with van der Waals surface area (Å²) in [6.07, 6.45) is 0.0399. The van der Waals surface area contributed by atoms with Gasteiger partial charge in [0, 0.05) is 0 Å². The zero-order chi connectivity index (χ0) is 16.4. The molecule has 0 fully saturated rings. The number of hydrogen-bond acceptors (Lipinski definition) is 6. The Morgan fingerprint density at radius 1 is 1.14 bits per heavy atom. The van der Waals surface area contributed by atoms with Gasteiger partial charge in [-0.15, -0.1) is 0 Å². The van der Waals surface area contributed by atoms with Gasteiger partial charge in [0.2, 0.25) is 0 Å². The molecule has 124 valence electrons. The third-order valence-electron chi connectivity index (χ3n) is 2.67. The van der Waals surface area contributed by atoms with Crippen molar-refractivity contribution in [3.63, 3.8) is 0 Å². The van der Waals surface area contributed by atoms with Crippen LogP contribution in [0.15, 0.2) is 35.2 Å². The Hall–Kier alpha value is -1.29. The second-order valence-corrected chi connectivity index (χ2v) is 5.73. The van der Waals surface area contributed by atoms with E-state index in [1.165, 1.54) is 6.08 Å². The molecule has 0 spiro atoms.